The number of halogens is 2. The molecule has 0 unspecified atom stereocenters. The molecule has 3 nitrogen and oxygen atoms in total. The SMILES string of the molecule is O=C(c1c(O)cc(Cl)cc1Cl)N1CCC2(CCCC2)C1. The smallest absolute Gasteiger partial charge is 0.259 e. The number of benzene rings is 1. The minimum Gasteiger partial charge on any atom is -0.507 e. The van der Waals surface area contributed by atoms with Gasteiger partial charge in [-0.25, -0.2) is 0 Å². The number of carbonyl (C=O) groups is 1. The monoisotopic (exact) mass is 313 g/mol. The van der Waals surface area contributed by atoms with E-state index < -0.39 is 0 Å². The van der Waals surface area contributed by atoms with Crippen molar-refractivity contribution in [3.05, 3.63) is 27.7 Å². The number of phenolic OH excluding ortho intramolecular Hbond substituents is 1. The Balaban J connectivity index is 1.84. The van der Waals surface area contributed by atoms with E-state index in [1.807, 2.05) is 4.90 Å². The van der Waals surface area contributed by atoms with Gasteiger partial charge < -0.3 is 10.0 Å². The molecule has 1 aromatic carbocycles. The second-order valence-electron chi connectivity index (χ2n) is 5.97. The van der Waals surface area contributed by atoms with E-state index in [4.69, 9.17) is 23.2 Å². The first kappa shape index (κ1) is 14.0. The van der Waals surface area contributed by atoms with Crippen molar-refractivity contribution in [3.8, 4) is 5.75 Å². The van der Waals surface area contributed by atoms with Gasteiger partial charge in [0.05, 0.1) is 10.6 Å². The van der Waals surface area contributed by atoms with Crippen molar-refractivity contribution in [1.82, 2.24) is 4.90 Å². The molecular formula is C15H17Cl2NO2. The first-order valence-corrected chi connectivity index (χ1v) is 7.74. The quantitative estimate of drug-likeness (QED) is 0.847. The van der Waals surface area contributed by atoms with E-state index in [2.05, 4.69) is 0 Å². The number of hydrogen-bond acceptors (Lipinski definition) is 2. The summed E-state index contributed by atoms with van der Waals surface area (Å²) < 4.78 is 0. The molecule has 0 atom stereocenters. The summed E-state index contributed by atoms with van der Waals surface area (Å²) in [5, 5.41) is 10.5. The highest BCUT2D eigenvalue weighted by atomic mass is 35.5. The molecule has 1 aliphatic carbocycles. The van der Waals surface area contributed by atoms with Crippen LogP contribution in [0.15, 0.2) is 12.1 Å². The van der Waals surface area contributed by atoms with Crippen molar-refractivity contribution in [2.75, 3.05) is 13.1 Å². The third kappa shape index (κ3) is 2.38. The average molecular weight is 314 g/mol. The second-order valence-corrected chi connectivity index (χ2v) is 6.81. The van der Waals surface area contributed by atoms with E-state index in [9.17, 15) is 9.90 Å². The predicted molar refractivity (Wildman–Crippen MR) is 79.5 cm³/mol. The Bertz CT molecular complexity index is 530. The number of likely N-dealkylation sites (tertiary alicyclic amines) is 1. The molecule has 1 aliphatic heterocycles. The number of phenols is 1. The maximum absolute atomic E-state index is 12.6. The van der Waals surface area contributed by atoms with E-state index in [0.717, 1.165) is 19.5 Å². The molecule has 5 heteroatoms. The minimum absolute atomic E-state index is 0.139. The van der Waals surface area contributed by atoms with Crippen LogP contribution in [0.3, 0.4) is 0 Å². The zero-order valence-electron chi connectivity index (χ0n) is 11.2. The normalized spacial score (nSPS) is 20.8. The van der Waals surface area contributed by atoms with Gasteiger partial charge in [-0.2, -0.15) is 0 Å². The van der Waals surface area contributed by atoms with Gasteiger partial charge in [0, 0.05) is 18.1 Å². The Morgan fingerprint density at radius 3 is 2.55 bits per heavy atom. The summed E-state index contributed by atoms with van der Waals surface area (Å²) in [6.07, 6.45) is 5.99. The van der Waals surface area contributed by atoms with Gasteiger partial charge >= 0.3 is 0 Å². The van der Waals surface area contributed by atoms with Gasteiger partial charge in [-0.3, -0.25) is 4.79 Å². The molecule has 20 heavy (non-hydrogen) atoms. The van der Waals surface area contributed by atoms with Crippen LogP contribution in [0.1, 0.15) is 42.5 Å². The van der Waals surface area contributed by atoms with Crippen LogP contribution in [-0.4, -0.2) is 29.0 Å². The van der Waals surface area contributed by atoms with E-state index in [1.165, 1.54) is 37.8 Å². The summed E-state index contributed by atoms with van der Waals surface area (Å²) >= 11 is 11.9. The van der Waals surface area contributed by atoms with E-state index in [1.54, 1.807) is 0 Å². The number of amides is 1. The molecule has 1 amide bonds. The highest BCUT2D eigenvalue weighted by molar-refractivity contribution is 6.37. The average Bonchev–Trinajstić information content (AvgIpc) is 2.99. The van der Waals surface area contributed by atoms with Crippen LogP contribution in [0, 0.1) is 5.41 Å². The maximum atomic E-state index is 12.6. The lowest BCUT2D eigenvalue weighted by Crippen LogP contribution is -2.31. The fourth-order valence-electron chi connectivity index (χ4n) is 3.57. The summed E-state index contributed by atoms with van der Waals surface area (Å²) in [6, 6.07) is 2.86. The van der Waals surface area contributed by atoms with Crippen LogP contribution in [0.4, 0.5) is 0 Å². The van der Waals surface area contributed by atoms with Crippen molar-refractivity contribution in [3.63, 3.8) is 0 Å². The molecule has 3 rings (SSSR count). The number of aromatic hydroxyl groups is 1. The largest absolute Gasteiger partial charge is 0.507 e. The molecule has 1 spiro atoms. The molecule has 1 saturated heterocycles. The summed E-state index contributed by atoms with van der Waals surface area (Å²) in [5.41, 5.74) is 0.482. The number of rotatable bonds is 1. The summed E-state index contributed by atoms with van der Waals surface area (Å²) in [4.78, 5) is 14.4. The molecule has 1 N–H and O–H groups in total. The second kappa shape index (κ2) is 5.12. The number of nitrogens with zero attached hydrogens (tertiary/aromatic N) is 1. The van der Waals surface area contributed by atoms with Crippen LogP contribution in [0.5, 0.6) is 5.75 Å². The highest BCUT2D eigenvalue weighted by Crippen LogP contribution is 2.46. The molecule has 0 bridgehead atoms. The number of hydrogen-bond donors (Lipinski definition) is 1. The van der Waals surface area contributed by atoms with Crippen LogP contribution in [-0.2, 0) is 0 Å². The van der Waals surface area contributed by atoms with Gasteiger partial charge in [0.1, 0.15) is 5.75 Å². The third-order valence-electron chi connectivity index (χ3n) is 4.64. The third-order valence-corrected chi connectivity index (χ3v) is 5.15. The molecule has 0 radical (unpaired) electrons. The molecule has 2 fully saturated rings. The van der Waals surface area contributed by atoms with E-state index in [0.29, 0.717) is 10.4 Å². The van der Waals surface area contributed by atoms with Gasteiger partial charge in [0.15, 0.2) is 0 Å². The molecule has 1 saturated carbocycles. The van der Waals surface area contributed by atoms with Gasteiger partial charge in [0.2, 0.25) is 0 Å². The minimum atomic E-state index is -0.187. The molecule has 2 aliphatic rings. The standard InChI is InChI=1S/C15H17Cl2NO2/c16-10-7-11(17)13(12(19)8-10)14(20)18-6-5-15(9-18)3-1-2-4-15/h7-8,19H,1-6,9H2. The van der Waals surface area contributed by atoms with Gasteiger partial charge in [-0.1, -0.05) is 36.0 Å². The van der Waals surface area contributed by atoms with Crippen molar-refractivity contribution < 1.29 is 9.90 Å². The van der Waals surface area contributed by atoms with Crippen LogP contribution < -0.4 is 0 Å². The van der Waals surface area contributed by atoms with Crippen molar-refractivity contribution >= 4 is 29.1 Å². The molecule has 1 aromatic rings. The van der Waals surface area contributed by atoms with Crippen LogP contribution in [0.25, 0.3) is 0 Å². The van der Waals surface area contributed by atoms with Crippen LogP contribution >= 0.6 is 23.2 Å². The summed E-state index contributed by atoms with van der Waals surface area (Å²) in [6.45, 7) is 1.53. The highest BCUT2D eigenvalue weighted by Gasteiger charge is 2.42. The van der Waals surface area contributed by atoms with E-state index in [-0.39, 0.29) is 22.2 Å². The Morgan fingerprint density at radius 2 is 1.90 bits per heavy atom. The lowest BCUT2D eigenvalue weighted by molar-refractivity contribution is 0.0770. The Labute approximate surface area is 128 Å². The molecule has 1 heterocycles. The zero-order chi connectivity index (χ0) is 14.3. The lowest BCUT2D eigenvalue weighted by atomic mass is 9.86. The molecule has 108 valence electrons. The van der Waals surface area contributed by atoms with Crippen molar-refractivity contribution in [2.24, 2.45) is 5.41 Å². The predicted octanol–water partition coefficient (Wildman–Crippen LogP) is 4.11. The topological polar surface area (TPSA) is 40.5 Å². The first-order chi connectivity index (χ1) is 9.51. The van der Waals surface area contributed by atoms with Gasteiger partial charge in [-0.05, 0) is 36.8 Å². The Morgan fingerprint density at radius 1 is 1.20 bits per heavy atom. The van der Waals surface area contributed by atoms with Crippen molar-refractivity contribution in [1.29, 1.82) is 0 Å². The zero-order valence-corrected chi connectivity index (χ0v) is 12.7. The fourth-order valence-corrected chi connectivity index (χ4v) is 4.13. The van der Waals surface area contributed by atoms with Crippen LogP contribution in [0.2, 0.25) is 10.0 Å². The van der Waals surface area contributed by atoms with Gasteiger partial charge in [0.25, 0.3) is 5.91 Å². The summed E-state index contributed by atoms with van der Waals surface area (Å²) in [7, 11) is 0. The van der Waals surface area contributed by atoms with Crippen molar-refractivity contribution in [2.45, 2.75) is 32.1 Å². The fraction of sp³-hybridized carbons (Fsp3) is 0.533. The maximum Gasteiger partial charge on any atom is 0.259 e. The lowest BCUT2D eigenvalue weighted by Gasteiger charge is -2.24. The first-order valence-electron chi connectivity index (χ1n) is 6.98. The van der Waals surface area contributed by atoms with Gasteiger partial charge in [-0.15, -0.1) is 0 Å². The Hall–Kier alpha value is -0.930. The Kier molecular flexibility index (Phi) is 3.59. The van der Waals surface area contributed by atoms with E-state index >= 15 is 0 Å². The summed E-state index contributed by atoms with van der Waals surface area (Å²) in [5.74, 6) is -0.326. The molecule has 0 aromatic heterocycles. The number of carbonyl (C=O) groups excluding carboxylic acids is 1. The molecular weight excluding hydrogens is 297 g/mol.